The normalized spacial score (nSPS) is 9.52. The predicted molar refractivity (Wildman–Crippen MR) is 79.4 cm³/mol. The Kier molecular flexibility index (Phi) is 7.24. The minimum atomic E-state index is -0.120. The van der Waals surface area contributed by atoms with Crippen molar-refractivity contribution in [2.45, 2.75) is 32.2 Å². The molecule has 1 rings (SSSR count). The summed E-state index contributed by atoms with van der Waals surface area (Å²) >= 11 is 0. The Morgan fingerprint density at radius 1 is 1.38 bits per heavy atom. The van der Waals surface area contributed by atoms with Crippen LogP contribution in [0.25, 0.3) is 10.4 Å². The molecule has 0 spiro atoms. The van der Waals surface area contributed by atoms with E-state index in [1.54, 1.807) is 12.1 Å². The minimum Gasteiger partial charge on any atom is -0.325 e. The maximum absolute atomic E-state index is 11.7. The van der Waals surface area contributed by atoms with Crippen LogP contribution < -0.4 is 5.32 Å². The highest BCUT2D eigenvalue weighted by Gasteiger charge is 2.04. The number of nitrogens with one attached hydrogen (secondary N) is 1. The number of hydrogen-bond donors (Lipinski definition) is 1. The summed E-state index contributed by atoms with van der Waals surface area (Å²) in [5.74, 6) is -0.124. The molecule has 1 aromatic rings. The lowest BCUT2D eigenvalue weighted by molar-refractivity contribution is -0.117. The van der Waals surface area contributed by atoms with Gasteiger partial charge in [-0.2, -0.15) is 0 Å². The molecule has 0 radical (unpaired) electrons. The Balaban J connectivity index is 2.32. The van der Waals surface area contributed by atoms with Crippen LogP contribution in [-0.2, 0) is 16.1 Å². The first-order chi connectivity index (χ1) is 10.2. The van der Waals surface area contributed by atoms with Crippen LogP contribution in [-0.4, -0.2) is 16.7 Å². The number of carbonyl (C=O) groups excluding carboxylic acids is 2. The van der Waals surface area contributed by atoms with Crippen molar-refractivity contribution in [3.63, 3.8) is 0 Å². The van der Waals surface area contributed by atoms with E-state index in [0.717, 1.165) is 0 Å². The van der Waals surface area contributed by atoms with Crippen LogP contribution in [0.4, 0.5) is 5.69 Å². The maximum atomic E-state index is 11.7. The lowest BCUT2D eigenvalue weighted by Gasteiger charge is -2.05. The molecule has 7 nitrogen and oxygen atoms in total. The number of pyridine rings is 1. The van der Waals surface area contributed by atoms with Crippen LogP contribution >= 0.6 is 0 Å². The number of nitrogens with zero attached hydrogens (tertiary/aromatic N) is 4. The number of aromatic nitrogens is 1. The number of allylic oxidation sites excluding steroid dienone is 1. The number of carbonyl (C=O) groups is 2. The average molecular weight is 287 g/mol. The Hall–Kier alpha value is -2.66. The highest BCUT2D eigenvalue weighted by molar-refractivity contribution is 5.90. The molecular formula is C14H17N5O2. The molecule has 0 bridgehead atoms. The summed E-state index contributed by atoms with van der Waals surface area (Å²) in [5, 5.41) is 6.12. The van der Waals surface area contributed by atoms with Gasteiger partial charge in [0.05, 0.1) is 18.4 Å². The minimum absolute atomic E-state index is 0.00442. The molecule has 0 unspecified atom stereocenters. The molecule has 1 aromatic heterocycles. The van der Waals surface area contributed by atoms with Crippen molar-refractivity contribution in [2.75, 3.05) is 5.32 Å². The molecule has 0 aromatic carbocycles. The molecular weight excluding hydrogens is 270 g/mol. The fourth-order valence-corrected chi connectivity index (χ4v) is 1.61. The highest BCUT2D eigenvalue weighted by Crippen LogP contribution is 2.09. The molecule has 0 aliphatic carbocycles. The number of amides is 1. The zero-order valence-corrected chi connectivity index (χ0v) is 11.7. The van der Waals surface area contributed by atoms with Gasteiger partial charge in [-0.05, 0) is 36.6 Å². The van der Waals surface area contributed by atoms with E-state index in [1.807, 2.05) is 0 Å². The Bertz CT molecular complexity index is 547. The molecule has 0 aliphatic rings. The van der Waals surface area contributed by atoms with Crippen LogP contribution in [0.5, 0.6) is 0 Å². The van der Waals surface area contributed by atoms with Crippen molar-refractivity contribution in [3.05, 3.63) is 47.1 Å². The molecule has 21 heavy (non-hydrogen) atoms. The molecule has 1 heterocycles. The van der Waals surface area contributed by atoms with E-state index >= 15 is 0 Å². The van der Waals surface area contributed by atoms with Gasteiger partial charge in [0.2, 0.25) is 5.91 Å². The van der Waals surface area contributed by atoms with E-state index in [2.05, 4.69) is 26.9 Å². The third-order valence-corrected chi connectivity index (χ3v) is 2.71. The summed E-state index contributed by atoms with van der Waals surface area (Å²) in [6.45, 7) is 3.58. The second-order valence-corrected chi connectivity index (χ2v) is 4.35. The van der Waals surface area contributed by atoms with Crippen LogP contribution in [0.15, 0.2) is 36.1 Å². The van der Waals surface area contributed by atoms with Gasteiger partial charge in [-0.1, -0.05) is 11.7 Å². The predicted octanol–water partition coefficient (Wildman–Crippen LogP) is 3.15. The van der Waals surface area contributed by atoms with Crippen molar-refractivity contribution < 1.29 is 9.59 Å². The smallest absolute Gasteiger partial charge is 0.224 e. The van der Waals surface area contributed by atoms with Crippen LogP contribution in [0, 0.1) is 0 Å². The van der Waals surface area contributed by atoms with Crippen LogP contribution in [0.3, 0.4) is 0 Å². The van der Waals surface area contributed by atoms with E-state index in [1.165, 1.54) is 12.3 Å². The summed E-state index contributed by atoms with van der Waals surface area (Å²) in [7, 11) is 0. The first-order valence-electron chi connectivity index (χ1n) is 6.56. The lowest BCUT2D eigenvalue weighted by Crippen LogP contribution is -2.11. The molecule has 0 saturated carbocycles. The molecule has 7 heteroatoms. The molecule has 0 aliphatic heterocycles. The van der Waals surface area contributed by atoms with Gasteiger partial charge in [0, 0.05) is 23.4 Å². The second-order valence-electron chi connectivity index (χ2n) is 4.35. The summed E-state index contributed by atoms with van der Waals surface area (Å²) in [6, 6.07) is 3.39. The molecule has 1 N–H and O–H groups in total. The molecule has 0 fully saturated rings. The van der Waals surface area contributed by atoms with Crippen molar-refractivity contribution >= 4 is 17.4 Å². The van der Waals surface area contributed by atoms with Gasteiger partial charge in [0.1, 0.15) is 0 Å². The number of ketones is 1. The third-order valence-electron chi connectivity index (χ3n) is 2.71. The first-order valence-corrected chi connectivity index (χ1v) is 6.56. The Morgan fingerprint density at radius 2 is 2.14 bits per heavy atom. The van der Waals surface area contributed by atoms with Crippen molar-refractivity contribution in [2.24, 2.45) is 5.11 Å². The maximum Gasteiger partial charge on any atom is 0.224 e. The topological polar surface area (TPSA) is 108 Å². The second kappa shape index (κ2) is 9.28. The Morgan fingerprint density at radius 3 is 2.76 bits per heavy atom. The average Bonchev–Trinajstić information content (AvgIpc) is 2.50. The number of anilines is 1. The van der Waals surface area contributed by atoms with Gasteiger partial charge in [-0.15, -0.1) is 0 Å². The van der Waals surface area contributed by atoms with Gasteiger partial charge in [-0.25, -0.2) is 0 Å². The largest absolute Gasteiger partial charge is 0.325 e. The number of rotatable bonds is 9. The summed E-state index contributed by atoms with van der Waals surface area (Å²) in [5.41, 5.74) is 9.42. The van der Waals surface area contributed by atoms with Gasteiger partial charge in [-0.3, -0.25) is 14.6 Å². The van der Waals surface area contributed by atoms with E-state index in [0.29, 0.717) is 37.1 Å². The fourth-order valence-electron chi connectivity index (χ4n) is 1.61. The zero-order valence-electron chi connectivity index (χ0n) is 11.7. The molecule has 110 valence electrons. The fraction of sp³-hybridized carbons (Fsp3) is 0.357. The third kappa shape index (κ3) is 6.89. The number of azide groups is 1. The summed E-state index contributed by atoms with van der Waals surface area (Å²) in [4.78, 5) is 29.4. The molecule has 0 atom stereocenters. The van der Waals surface area contributed by atoms with Gasteiger partial charge < -0.3 is 5.32 Å². The quantitative estimate of drug-likeness (QED) is 0.248. The van der Waals surface area contributed by atoms with Crippen molar-refractivity contribution in [3.8, 4) is 0 Å². The molecule has 1 amide bonds. The van der Waals surface area contributed by atoms with Crippen molar-refractivity contribution in [1.82, 2.24) is 4.98 Å². The standard InChI is InChI=1S/C14H17N5O2/c1-2-13(20)5-3-4-6-14(21)18-12-8-7-11(16-9-12)10-17-19-15/h2,7-9H,1,3-6,10H2,(H,18,21). The monoisotopic (exact) mass is 287 g/mol. The van der Waals surface area contributed by atoms with Crippen LogP contribution in [0.1, 0.15) is 31.4 Å². The number of hydrogen-bond acceptors (Lipinski definition) is 4. The van der Waals surface area contributed by atoms with E-state index in [-0.39, 0.29) is 18.2 Å². The van der Waals surface area contributed by atoms with Gasteiger partial charge >= 0.3 is 0 Å². The van der Waals surface area contributed by atoms with Gasteiger partial charge in [0.25, 0.3) is 0 Å². The summed E-state index contributed by atoms with van der Waals surface area (Å²) < 4.78 is 0. The highest BCUT2D eigenvalue weighted by atomic mass is 16.1. The van der Waals surface area contributed by atoms with E-state index in [9.17, 15) is 9.59 Å². The Labute approximate surface area is 122 Å². The molecule has 0 saturated heterocycles. The van der Waals surface area contributed by atoms with E-state index in [4.69, 9.17) is 5.53 Å². The van der Waals surface area contributed by atoms with Gasteiger partial charge in [0.15, 0.2) is 5.78 Å². The SMILES string of the molecule is C=CC(=O)CCCCC(=O)Nc1ccc(CN=[N+]=[N-])nc1. The van der Waals surface area contributed by atoms with E-state index < -0.39 is 0 Å². The number of unbranched alkanes of at least 4 members (excludes halogenated alkanes) is 1. The summed E-state index contributed by atoms with van der Waals surface area (Å²) in [6.07, 6.45) is 4.90. The van der Waals surface area contributed by atoms with Crippen molar-refractivity contribution in [1.29, 1.82) is 0 Å². The first kappa shape index (κ1) is 16.4. The van der Waals surface area contributed by atoms with Crippen LogP contribution in [0.2, 0.25) is 0 Å². The zero-order chi connectivity index (χ0) is 15.5. The lowest BCUT2D eigenvalue weighted by atomic mass is 10.1.